The molecule has 10 rings (SSSR count). The molecule has 47 heavy (non-hydrogen) atoms. The molecule has 9 aromatic carbocycles. The smallest absolute Gasteiger partial charge is 0.136 e. The molecule has 0 saturated carbocycles. The largest absolute Gasteiger partial charge is 0.456 e. The van der Waals surface area contributed by atoms with Crippen molar-refractivity contribution in [1.82, 2.24) is 0 Å². The summed E-state index contributed by atoms with van der Waals surface area (Å²) in [6.07, 6.45) is 0. The quantitative estimate of drug-likeness (QED) is 0.178. The Morgan fingerprint density at radius 2 is 0.851 bits per heavy atom. The molecule has 1 nitrogen and oxygen atoms in total. The molecule has 0 unspecified atom stereocenters. The zero-order valence-electron chi connectivity index (χ0n) is 51.4. The zero-order valence-corrected chi connectivity index (χ0v) is 23.4. The molecule has 0 amide bonds. The van der Waals surface area contributed by atoms with E-state index in [1.54, 1.807) is 0 Å². The van der Waals surface area contributed by atoms with Crippen molar-refractivity contribution >= 4 is 65.0 Å². The van der Waals surface area contributed by atoms with Gasteiger partial charge in [0.25, 0.3) is 0 Å². The van der Waals surface area contributed by atoms with Gasteiger partial charge in [0.05, 0.1) is 38.4 Å². The van der Waals surface area contributed by atoms with E-state index < -0.39 is 268 Å². The van der Waals surface area contributed by atoms with Crippen LogP contribution in [0, 0.1) is 0 Å². The Kier molecular flexibility index (Phi) is 2.31. The van der Waals surface area contributed by atoms with E-state index in [-0.39, 0.29) is 0 Å². The number of hydrogen-bond acceptors (Lipinski definition) is 1. The van der Waals surface area contributed by atoms with Crippen molar-refractivity contribution in [2.24, 2.45) is 0 Å². The van der Waals surface area contributed by atoms with Gasteiger partial charge in [0.1, 0.15) is 11.2 Å². The number of furan rings is 1. The Hall–Kier alpha value is -6.18. The first-order chi connectivity index (χ1) is 35.0. The molecule has 0 atom stereocenters. The molecule has 10 aromatic rings. The van der Waals surface area contributed by atoms with E-state index in [1.807, 2.05) is 0 Å². The lowest BCUT2D eigenvalue weighted by molar-refractivity contribution is 0.669. The fraction of sp³-hybridized carbons (Fsp3) is 0. The van der Waals surface area contributed by atoms with Crippen molar-refractivity contribution in [3.8, 4) is 33.4 Å². The molecule has 0 radical (unpaired) electrons. The molecule has 1 heteroatoms. The molecule has 1 heterocycles. The molecule has 0 bridgehead atoms. The lowest BCUT2D eigenvalue weighted by Crippen LogP contribution is -1.92. The molecule has 0 aliphatic carbocycles. The monoisotopic (exact) mass is 624 g/mol. The summed E-state index contributed by atoms with van der Waals surface area (Å²) < 4.78 is 259. The lowest BCUT2D eigenvalue weighted by atomic mass is 9.84. The molecular weight excluding hydrogens is 569 g/mol. The molecule has 0 spiro atoms. The van der Waals surface area contributed by atoms with Crippen molar-refractivity contribution in [3.63, 3.8) is 0 Å². The topological polar surface area (TPSA) is 13.1 Å². The highest BCUT2D eigenvalue weighted by Gasteiger charge is 2.19. The Balaban J connectivity index is 1.53. The second-order valence-corrected chi connectivity index (χ2v) is 10.3. The second kappa shape index (κ2) is 10.2. The maximum Gasteiger partial charge on any atom is 0.136 e. The summed E-state index contributed by atoms with van der Waals surface area (Å²) in [7, 11) is 0. The summed E-state index contributed by atoms with van der Waals surface area (Å²) >= 11 is 0. The Morgan fingerprint density at radius 3 is 1.60 bits per heavy atom. The van der Waals surface area contributed by atoms with Gasteiger partial charge in [-0.25, -0.2) is 0 Å². The molecule has 218 valence electrons. The number of benzene rings is 9. The first-order valence-electron chi connectivity index (χ1n) is 27.9. The molecule has 0 aliphatic heterocycles. The van der Waals surface area contributed by atoms with Gasteiger partial charge in [-0.3, -0.25) is 0 Å². The van der Waals surface area contributed by atoms with Crippen LogP contribution in [0.4, 0.5) is 0 Å². The second-order valence-electron chi connectivity index (χ2n) is 10.3. The van der Waals surface area contributed by atoms with E-state index >= 15 is 0 Å². The van der Waals surface area contributed by atoms with Gasteiger partial charge in [0, 0.05) is 10.8 Å². The van der Waals surface area contributed by atoms with Crippen LogP contribution < -0.4 is 0 Å². The van der Waals surface area contributed by atoms with E-state index in [0.717, 1.165) is 0 Å². The Bertz CT molecular complexity index is 4350. The van der Waals surface area contributed by atoms with Crippen LogP contribution in [0.1, 0.15) is 38.4 Å². The first-order valence-corrected chi connectivity index (χ1v) is 13.9. The van der Waals surface area contributed by atoms with Gasteiger partial charge >= 0.3 is 0 Å². The van der Waals surface area contributed by atoms with Crippen molar-refractivity contribution in [2.75, 3.05) is 0 Å². The van der Waals surface area contributed by atoms with Gasteiger partial charge in [0.15, 0.2) is 0 Å². The van der Waals surface area contributed by atoms with Crippen LogP contribution in [0.3, 0.4) is 0 Å². The number of hydrogen-bond donors (Lipinski definition) is 0. The van der Waals surface area contributed by atoms with Crippen LogP contribution in [0.5, 0.6) is 0 Å². The van der Waals surface area contributed by atoms with E-state index in [0.29, 0.717) is 0 Å². The van der Waals surface area contributed by atoms with Crippen LogP contribution >= 0.6 is 0 Å². The Labute approximate surface area is 311 Å². The van der Waals surface area contributed by atoms with Crippen LogP contribution in [-0.2, 0) is 0 Å². The minimum absolute atomic E-state index is 0.445. The highest BCUT2D eigenvalue weighted by Crippen LogP contribution is 2.46. The summed E-state index contributed by atoms with van der Waals surface area (Å²) in [6.45, 7) is 0. The van der Waals surface area contributed by atoms with Gasteiger partial charge in [-0.05, 0) is 94.6 Å². The van der Waals surface area contributed by atoms with Crippen LogP contribution in [0.2, 0.25) is 0 Å². The van der Waals surface area contributed by atoms with Gasteiger partial charge in [0.2, 0.25) is 0 Å². The maximum atomic E-state index is 10.1. The van der Waals surface area contributed by atoms with E-state index in [1.165, 1.54) is 0 Å². The molecule has 0 saturated heterocycles. The molecular formula is C46H28O. The van der Waals surface area contributed by atoms with E-state index in [4.69, 9.17) is 29.1 Å². The molecule has 1 aromatic heterocycles. The van der Waals surface area contributed by atoms with Crippen LogP contribution in [-0.4, -0.2) is 0 Å². The van der Waals surface area contributed by atoms with Crippen molar-refractivity contribution in [2.45, 2.75) is 0 Å². The van der Waals surface area contributed by atoms with Gasteiger partial charge < -0.3 is 4.42 Å². The Morgan fingerprint density at radius 1 is 0.340 bits per heavy atom. The molecule has 0 aliphatic rings. The molecule has 0 fully saturated rings. The first kappa shape index (κ1) is 10.7. The third-order valence-corrected chi connectivity index (χ3v) is 7.82. The predicted octanol–water partition coefficient (Wildman–Crippen LogP) is 13.2. The summed E-state index contributed by atoms with van der Waals surface area (Å²) in [4.78, 5) is 0. The maximum absolute atomic E-state index is 10.1. The third-order valence-electron chi connectivity index (χ3n) is 7.82. The van der Waals surface area contributed by atoms with Gasteiger partial charge in [-0.1, -0.05) is 151 Å². The lowest BCUT2D eigenvalue weighted by Gasteiger charge is -2.19. The van der Waals surface area contributed by atoms with E-state index in [9.17, 15) is 13.7 Å². The summed E-state index contributed by atoms with van der Waals surface area (Å²) in [5.41, 5.74) is -6.01. The average molecular weight is 625 g/mol. The summed E-state index contributed by atoms with van der Waals surface area (Å²) in [5.74, 6) is 0. The van der Waals surface area contributed by atoms with Crippen molar-refractivity contribution in [3.05, 3.63) is 169 Å². The predicted molar refractivity (Wildman–Crippen MR) is 200 cm³/mol. The average Bonchev–Trinajstić information content (AvgIpc) is 3.78. The van der Waals surface area contributed by atoms with Crippen molar-refractivity contribution < 1.29 is 42.8 Å². The normalized spacial score (nSPS) is 20.2. The van der Waals surface area contributed by atoms with Crippen molar-refractivity contribution in [1.29, 1.82) is 0 Å². The van der Waals surface area contributed by atoms with Crippen LogP contribution in [0.15, 0.2) is 174 Å². The fourth-order valence-corrected chi connectivity index (χ4v) is 5.92. The summed E-state index contributed by atoms with van der Waals surface area (Å²) in [5, 5.41) is -6.37. The summed E-state index contributed by atoms with van der Waals surface area (Å²) in [6, 6.07) is -26.4. The van der Waals surface area contributed by atoms with Gasteiger partial charge in [-0.2, -0.15) is 0 Å². The van der Waals surface area contributed by atoms with Crippen LogP contribution in [0.25, 0.3) is 98.4 Å². The number of rotatable bonds is 3. The molecule has 0 N–H and O–H groups in total. The highest BCUT2D eigenvalue weighted by molar-refractivity contribution is 6.25. The highest BCUT2D eigenvalue weighted by atomic mass is 16.3. The van der Waals surface area contributed by atoms with Gasteiger partial charge in [-0.15, -0.1) is 0 Å². The fourth-order valence-electron chi connectivity index (χ4n) is 5.92. The number of fused-ring (bicyclic) bond motifs is 8. The minimum atomic E-state index is -1.11. The standard InChI is InChI=1S/C46H28O/c1-3-17-33-29(12-1)14-10-24-36(33)44-39-21-7-5-19-37(39)43(38-20-6-8-22-40(38)44)32-16-9-15-31(28-32)35-23-11-25-41-46(35)45-34-18-4-2-13-30(34)26-27-42(45)47-41/h1-28H/i1D,2D,3D,4D,5D,6D,7D,8D,9D,10D,11D,12D,13D,14D,15D,16D,17D,18D,19D,20D,21D,22D,23D,24D,25D,26D,27D,28D. The zero-order chi connectivity index (χ0) is 55.3. The third kappa shape index (κ3) is 3.90. The minimum Gasteiger partial charge on any atom is -0.456 e. The SMILES string of the molecule is [2H]c1c([2H])c(-c2c3c([2H])c([2H])c([2H])c([2H])c3c(-c3c([2H])c([2H])c([2H])c4c([2H])c([2H])c([2H])c([2H])c34)c3c([2H])c([2H])c([2H])c([2H])c23)c([2H])c(-c2c([2H])c([2H])c([2H])c3oc4c([2H])c([2H])c5c([2H])c([2H])c([2H])c([2H])c5c4c23)c1[2H]. The van der Waals surface area contributed by atoms with E-state index in [2.05, 4.69) is 0 Å².